The summed E-state index contributed by atoms with van der Waals surface area (Å²) in [5, 5.41) is 0. The van der Waals surface area contributed by atoms with Crippen LogP contribution in [-0.4, -0.2) is 6.29 Å². The van der Waals surface area contributed by atoms with Gasteiger partial charge in [-0.3, -0.25) is 0 Å². The maximum atomic E-state index is 10.0. The Kier molecular flexibility index (Phi) is 13.9. The first kappa shape index (κ1) is 15.9. The highest BCUT2D eigenvalue weighted by molar-refractivity contribution is 5.49. The van der Waals surface area contributed by atoms with E-state index < -0.39 is 0 Å². The molecule has 0 saturated carbocycles. The molecule has 0 unspecified atom stereocenters. The van der Waals surface area contributed by atoms with Crippen LogP contribution >= 0.6 is 0 Å². The van der Waals surface area contributed by atoms with Crippen LogP contribution in [0.5, 0.6) is 0 Å². The van der Waals surface area contributed by atoms with Gasteiger partial charge in [0, 0.05) is 6.42 Å². The summed E-state index contributed by atoms with van der Waals surface area (Å²) in [4.78, 5) is 10.0. The van der Waals surface area contributed by atoms with Gasteiger partial charge in [0.1, 0.15) is 6.29 Å². The lowest BCUT2D eigenvalue weighted by Gasteiger charge is -1.91. The molecule has 0 aliphatic heterocycles. The average Bonchev–Trinajstić information content (AvgIpc) is 2.35. The molecule has 0 bridgehead atoms. The Morgan fingerprint density at radius 1 is 0.706 bits per heavy atom. The van der Waals surface area contributed by atoms with Gasteiger partial charge in [0.05, 0.1) is 0 Å². The Labute approximate surface area is 106 Å². The van der Waals surface area contributed by atoms with Gasteiger partial charge in [-0.15, -0.1) is 0 Å². The molecule has 0 aromatic rings. The van der Waals surface area contributed by atoms with Crippen molar-refractivity contribution in [3.63, 3.8) is 0 Å². The Bertz CT molecular complexity index is 236. The lowest BCUT2D eigenvalue weighted by atomic mass is 10.2. The number of unbranched alkanes of at least 4 members (excludes halogenated alkanes) is 5. The number of hydrogen-bond donors (Lipinski definition) is 0. The Hall–Kier alpha value is -1.11. The van der Waals surface area contributed by atoms with Crippen LogP contribution in [0.25, 0.3) is 0 Å². The van der Waals surface area contributed by atoms with E-state index in [2.05, 4.69) is 31.2 Å². The molecule has 0 radical (unpaired) electrons. The van der Waals surface area contributed by atoms with Gasteiger partial charge in [-0.1, -0.05) is 56.2 Å². The minimum absolute atomic E-state index is 0.632. The molecule has 0 aliphatic carbocycles. The number of aldehydes is 1. The molecule has 0 aliphatic rings. The van der Waals surface area contributed by atoms with E-state index in [-0.39, 0.29) is 0 Å². The SMILES string of the molecule is CCCC/C=C\CCC/C=C\C=C/CCC=O. The van der Waals surface area contributed by atoms with Crippen molar-refractivity contribution in [1.82, 2.24) is 0 Å². The molecule has 0 amide bonds. The fourth-order valence-corrected chi connectivity index (χ4v) is 1.43. The molecule has 0 heterocycles. The molecule has 17 heavy (non-hydrogen) atoms. The van der Waals surface area contributed by atoms with Crippen LogP contribution < -0.4 is 0 Å². The quantitative estimate of drug-likeness (QED) is 0.213. The molecule has 1 heteroatoms. The van der Waals surface area contributed by atoms with Crippen LogP contribution in [0.2, 0.25) is 0 Å². The fraction of sp³-hybridized carbons (Fsp3) is 0.562. The summed E-state index contributed by atoms with van der Waals surface area (Å²) >= 11 is 0. The van der Waals surface area contributed by atoms with Gasteiger partial charge in [0.15, 0.2) is 0 Å². The van der Waals surface area contributed by atoms with E-state index in [1.54, 1.807) is 0 Å². The Morgan fingerprint density at radius 2 is 1.29 bits per heavy atom. The van der Waals surface area contributed by atoms with E-state index in [1.807, 2.05) is 12.2 Å². The molecule has 1 nitrogen and oxygen atoms in total. The van der Waals surface area contributed by atoms with Crippen molar-refractivity contribution in [2.45, 2.75) is 58.3 Å². The van der Waals surface area contributed by atoms with E-state index in [9.17, 15) is 4.79 Å². The third-order valence-electron chi connectivity index (χ3n) is 2.47. The molecule has 0 aromatic heterocycles. The second-order valence-electron chi connectivity index (χ2n) is 4.14. The van der Waals surface area contributed by atoms with E-state index in [0.717, 1.165) is 19.1 Å². The molecular weight excluding hydrogens is 208 g/mol. The maximum absolute atomic E-state index is 10.0. The van der Waals surface area contributed by atoms with Crippen molar-refractivity contribution in [3.8, 4) is 0 Å². The van der Waals surface area contributed by atoms with Crippen LogP contribution in [0.3, 0.4) is 0 Å². The second kappa shape index (κ2) is 14.9. The van der Waals surface area contributed by atoms with E-state index in [0.29, 0.717) is 6.42 Å². The zero-order chi connectivity index (χ0) is 12.6. The fourth-order valence-electron chi connectivity index (χ4n) is 1.43. The highest BCUT2D eigenvalue weighted by Gasteiger charge is 1.81. The number of carbonyl (C=O) groups excluding carboxylic acids is 1. The van der Waals surface area contributed by atoms with Crippen molar-refractivity contribution >= 4 is 6.29 Å². The third kappa shape index (κ3) is 14.9. The van der Waals surface area contributed by atoms with Crippen molar-refractivity contribution in [1.29, 1.82) is 0 Å². The lowest BCUT2D eigenvalue weighted by molar-refractivity contribution is -0.107. The van der Waals surface area contributed by atoms with Gasteiger partial charge >= 0.3 is 0 Å². The topological polar surface area (TPSA) is 17.1 Å². The largest absolute Gasteiger partial charge is 0.303 e. The third-order valence-corrected chi connectivity index (χ3v) is 2.47. The normalized spacial score (nSPS) is 12.1. The van der Waals surface area contributed by atoms with Crippen LogP contribution in [0.15, 0.2) is 36.5 Å². The molecule has 0 atom stereocenters. The summed E-state index contributed by atoms with van der Waals surface area (Å²) in [5.41, 5.74) is 0. The Balaban J connectivity index is 3.26. The number of rotatable bonds is 11. The van der Waals surface area contributed by atoms with E-state index >= 15 is 0 Å². The maximum Gasteiger partial charge on any atom is 0.120 e. The molecule has 0 fully saturated rings. The van der Waals surface area contributed by atoms with Crippen molar-refractivity contribution in [2.75, 3.05) is 0 Å². The highest BCUT2D eigenvalue weighted by atomic mass is 16.1. The summed E-state index contributed by atoms with van der Waals surface area (Å²) in [7, 11) is 0. The minimum Gasteiger partial charge on any atom is -0.303 e. The summed E-state index contributed by atoms with van der Waals surface area (Å²) in [6, 6.07) is 0. The van der Waals surface area contributed by atoms with Gasteiger partial charge < -0.3 is 4.79 Å². The average molecular weight is 234 g/mol. The van der Waals surface area contributed by atoms with Crippen LogP contribution in [-0.2, 0) is 4.79 Å². The zero-order valence-electron chi connectivity index (χ0n) is 11.1. The van der Waals surface area contributed by atoms with E-state index in [4.69, 9.17) is 0 Å². The van der Waals surface area contributed by atoms with Crippen LogP contribution in [0.1, 0.15) is 58.3 Å². The zero-order valence-corrected chi connectivity index (χ0v) is 11.1. The number of allylic oxidation sites excluding steroid dienone is 6. The monoisotopic (exact) mass is 234 g/mol. The van der Waals surface area contributed by atoms with Crippen molar-refractivity contribution < 1.29 is 4.79 Å². The first-order chi connectivity index (χ1) is 8.41. The first-order valence-electron chi connectivity index (χ1n) is 6.82. The first-order valence-corrected chi connectivity index (χ1v) is 6.82. The predicted octanol–water partition coefficient (Wildman–Crippen LogP) is 4.99. The number of hydrogen-bond acceptors (Lipinski definition) is 1. The van der Waals surface area contributed by atoms with Gasteiger partial charge in [0.25, 0.3) is 0 Å². The van der Waals surface area contributed by atoms with Crippen molar-refractivity contribution in [3.05, 3.63) is 36.5 Å². The number of carbonyl (C=O) groups is 1. The smallest absolute Gasteiger partial charge is 0.120 e. The van der Waals surface area contributed by atoms with Gasteiger partial charge in [-0.2, -0.15) is 0 Å². The molecule has 0 spiro atoms. The molecule has 0 N–H and O–H groups in total. The summed E-state index contributed by atoms with van der Waals surface area (Å²) in [6.45, 7) is 2.22. The predicted molar refractivity (Wildman–Crippen MR) is 76.1 cm³/mol. The summed E-state index contributed by atoms with van der Waals surface area (Å²) in [6.07, 6.45) is 22.7. The second-order valence-corrected chi connectivity index (χ2v) is 4.14. The molecule has 0 saturated heterocycles. The van der Waals surface area contributed by atoms with Crippen LogP contribution in [0, 0.1) is 0 Å². The molecule has 0 rings (SSSR count). The Morgan fingerprint density at radius 3 is 1.94 bits per heavy atom. The van der Waals surface area contributed by atoms with E-state index in [1.165, 1.54) is 32.1 Å². The van der Waals surface area contributed by atoms with Crippen molar-refractivity contribution in [2.24, 2.45) is 0 Å². The van der Waals surface area contributed by atoms with Gasteiger partial charge in [0.2, 0.25) is 0 Å². The van der Waals surface area contributed by atoms with Crippen LogP contribution in [0.4, 0.5) is 0 Å². The summed E-state index contributed by atoms with van der Waals surface area (Å²) < 4.78 is 0. The highest BCUT2D eigenvalue weighted by Crippen LogP contribution is 2.01. The lowest BCUT2D eigenvalue weighted by Crippen LogP contribution is -1.71. The van der Waals surface area contributed by atoms with Gasteiger partial charge in [-0.25, -0.2) is 0 Å². The molecule has 0 aromatic carbocycles. The molecule has 96 valence electrons. The van der Waals surface area contributed by atoms with Gasteiger partial charge in [-0.05, 0) is 32.1 Å². The molecular formula is C16H26O. The summed E-state index contributed by atoms with van der Waals surface area (Å²) in [5.74, 6) is 0. The minimum atomic E-state index is 0.632. The standard InChI is InChI=1S/C16H26O/c1-2-3-4-5-6-7-8-9-10-11-12-13-14-15-16-17/h5-6,10-13,16H,2-4,7-9,14-15H2,1H3/b6-5-,11-10-,13-12-.